The summed E-state index contributed by atoms with van der Waals surface area (Å²) in [6, 6.07) is 19.8. The number of hydrogen-bond donors (Lipinski definition) is 0. The number of thioether (sulfide) groups is 1. The number of thiocarbonyl (C=S) groups is 1. The number of rotatable bonds is 6. The average Bonchev–Trinajstić information content (AvgIpc) is 3.03. The zero-order chi connectivity index (χ0) is 23.5. The number of benzene rings is 3. The summed E-state index contributed by atoms with van der Waals surface area (Å²) in [6.45, 7) is 2.98. The quantitative estimate of drug-likeness (QED) is 0.148. The number of ether oxygens (including phenoxy) is 1. The SMILES string of the molecule is Cc1ccc(CN2C(=O)/C(=C/c3cc(I)c(OCc4ccc(Cl)cc4)c(I)c3)SC2=S)cc1. The van der Waals surface area contributed by atoms with Crippen LogP contribution in [0.5, 0.6) is 5.75 Å². The van der Waals surface area contributed by atoms with E-state index in [0.29, 0.717) is 27.4 Å². The highest BCUT2D eigenvalue weighted by Crippen LogP contribution is 2.36. The van der Waals surface area contributed by atoms with Crippen molar-refractivity contribution < 1.29 is 9.53 Å². The van der Waals surface area contributed by atoms with Crippen LogP contribution in [0.25, 0.3) is 6.08 Å². The van der Waals surface area contributed by atoms with E-state index in [9.17, 15) is 4.79 Å². The summed E-state index contributed by atoms with van der Waals surface area (Å²) in [5.74, 6) is 0.772. The molecule has 0 saturated carbocycles. The van der Waals surface area contributed by atoms with Crippen LogP contribution in [0, 0.1) is 14.1 Å². The molecule has 1 aliphatic heterocycles. The van der Waals surface area contributed by atoms with Crippen molar-refractivity contribution in [2.45, 2.75) is 20.1 Å². The van der Waals surface area contributed by atoms with Crippen molar-refractivity contribution in [1.29, 1.82) is 0 Å². The Labute approximate surface area is 235 Å². The first-order chi connectivity index (χ1) is 15.8. The molecular weight excluding hydrogens is 700 g/mol. The molecule has 1 aliphatic rings. The van der Waals surface area contributed by atoms with Crippen molar-refractivity contribution in [2.24, 2.45) is 0 Å². The molecule has 1 fully saturated rings. The predicted octanol–water partition coefficient (Wildman–Crippen LogP) is 7.84. The van der Waals surface area contributed by atoms with Crippen LogP contribution >= 0.6 is 80.8 Å². The molecule has 3 aromatic rings. The van der Waals surface area contributed by atoms with Crippen LogP contribution in [-0.2, 0) is 17.9 Å². The molecular formula is C25H18ClI2NO2S2. The van der Waals surface area contributed by atoms with Crippen LogP contribution in [0.15, 0.2) is 65.6 Å². The summed E-state index contributed by atoms with van der Waals surface area (Å²) in [5.41, 5.74) is 4.24. The summed E-state index contributed by atoms with van der Waals surface area (Å²) in [7, 11) is 0. The normalized spacial score (nSPS) is 14.9. The Morgan fingerprint density at radius 1 is 1.03 bits per heavy atom. The van der Waals surface area contributed by atoms with Crippen molar-refractivity contribution in [3.05, 3.63) is 100.0 Å². The molecule has 0 bridgehead atoms. The lowest BCUT2D eigenvalue weighted by Crippen LogP contribution is -2.27. The van der Waals surface area contributed by atoms with Gasteiger partial charge in [-0.2, -0.15) is 0 Å². The first-order valence-corrected chi connectivity index (χ1v) is 13.7. The van der Waals surface area contributed by atoms with Crippen LogP contribution in [0.3, 0.4) is 0 Å². The van der Waals surface area contributed by atoms with E-state index < -0.39 is 0 Å². The molecule has 1 amide bonds. The number of amides is 1. The minimum Gasteiger partial charge on any atom is -0.487 e. The molecule has 3 nitrogen and oxygen atoms in total. The number of carbonyl (C=O) groups excluding carboxylic acids is 1. The number of halogens is 3. The van der Waals surface area contributed by atoms with Gasteiger partial charge in [-0.05, 0) is 99.1 Å². The van der Waals surface area contributed by atoms with Crippen LogP contribution in [-0.4, -0.2) is 15.1 Å². The Hall–Kier alpha value is -1.14. The highest BCUT2D eigenvalue weighted by atomic mass is 127. The smallest absolute Gasteiger partial charge is 0.266 e. The van der Waals surface area contributed by atoms with E-state index in [1.165, 1.54) is 17.3 Å². The third-order valence-electron chi connectivity index (χ3n) is 4.95. The van der Waals surface area contributed by atoms with Crippen molar-refractivity contribution in [3.8, 4) is 5.75 Å². The van der Waals surface area contributed by atoms with Crippen molar-refractivity contribution >= 4 is 97.1 Å². The minimum atomic E-state index is -0.0568. The molecule has 0 spiro atoms. The molecule has 0 aliphatic carbocycles. The van der Waals surface area contributed by atoms with E-state index in [2.05, 4.69) is 45.2 Å². The van der Waals surface area contributed by atoms with Gasteiger partial charge in [0.05, 0.1) is 18.6 Å². The van der Waals surface area contributed by atoms with Crippen molar-refractivity contribution in [3.63, 3.8) is 0 Å². The lowest BCUT2D eigenvalue weighted by molar-refractivity contribution is -0.122. The second kappa shape index (κ2) is 11.1. The van der Waals surface area contributed by atoms with Crippen molar-refractivity contribution in [1.82, 2.24) is 4.90 Å². The molecule has 1 heterocycles. The van der Waals surface area contributed by atoms with Gasteiger partial charge in [0.2, 0.25) is 0 Å². The lowest BCUT2D eigenvalue weighted by atomic mass is 10.1. The Morgan fingerprint density at radius 2 is 1.64 bits per heavy atom. The maximum atomic E-state index is 13.0. The van der Waals surface area contributed by atoms with E-state index >= 15 is 0 Å². The second-order valence-electron chi connectivity index (χ2n) is 7.48. The molecule has 0 atom stereocenters. The number of aryl methyl sites for hydroxylation is 1. The largest absolute Gasteiger partial charge is 0.487 e. The molecule has 168 valence electrons. The molecule has 3 aromatic carbocycles. The van der Waals surface area contributed by atoms with E-state index in [-0.39, 0.29) is 5.91 Å². The van der Waals surface area contributed by atoms with Gasteiger partial charge in [-0.25, -0.2) is 0 Å². The first-order valence-electron chi connectivity index (χ1n) is 9.97. The standard InChI is InChI=1S/C25H18ClI2NO2S2/c1-15-2-4-16(5-3-15)13-29-24(30)22(33-25(29)32)12-18-10-20(27)23(21(28)11-18)31-14-17-6-8-19(26)9-7-17/h2-12H,13-14H2,1H3/b22-12-. The van der Waals surface area contributed by atoms with Gasteiger partial charge in [-0.1, -0.05) is 77.5 Å². The number of hydrogen-bond acceptors (Lipinski definition) is 4. The number of carbonyl (C=O) groups is 1. The zero-order valence-corrected chi connectivity index (χ0v) is 24.2. The Bertz CT molecular complexity index is 1220. The third-order valence-corrected chi connectivity index (χ3v) is 8.18. The predicted molar refractivity (Wildman–Crippen MR) is 158 cm³/mol. The molecule has 0 N–H and O–H groups in total. The van der Waals surface area contributed by atoms with E-state index in [1.54, 1.807) is 4.90 Å². The van der Waals surface area contributed by atoms with Gasteiger partial charge >= 0.3 is 0 Å². The van der Waals surface area contributed by atoms with Gasteiger partial charge in [0, 0.05) is 5.02 Å². The first kappa shape index (κ1) is 25.0. The second-order valence-corrected chi connectivity index (χ2v) is 11.9. The van der Waals surface area contributed by atoms with E-state index in [0.717, 1.165) is 29.6 Å². The summed E-state index contributed by atoms with van der Waals surface area (Å²) in [6.07, 6.45) is 1.90. The summed E-state index contributed by atoms with van der Waals surface area (Å²) in [4.78, 5) is 15.3. The molecule has 1 saturated heterocycles. The van der Waals surface area contributed by atoms with Crippen molar-refractivity contribution in [2.75, 3.05) is 0 Å². The van der Waals surface area contributed by atoms with Crippen LogP contribution in [0.2, 0.25) is 5.02 Å². The molecule has 8 heteroatoms. The van der Waals surface area contributed by atoms with Crippen LogP contribution in [0.4, 0.5) is 0 Å². The zero-order valence-electron chi connectivity index (χ0n) is 17.5. The molecule has 0 radical (unpaired) electrons. The fourth-order valence-corrected chi connectivity index (χ4v) is 6.71. The highest BCUT2D eigenvalue weighted by molar-refractivity contribution is 14.1. The summed E-state index contributed by atoms with van der Waals surface area (Å²) < 4.78 is 8.61. The number of nitrogens with zero attached hydrogens (tertiary/aromatic N) is 1. The molecule has 0 unspecified atom stereocenters. The minimum absolute atomic E-state index is 0.0568. The highest BCUT2D eigenvalue weighted by Gasteiger charge is 2.32. The Kier molecular flexibility index (Phi) is 8.37. The van der Waals surface area contributed by atoms with Crippen LogP contribution < -0.4 is 4.74 Å². The van der Waals surface area contributed by atoms with Gasteiger partial charge in [-0.3, -0.25) is 9.69 Å². The van der Waals surface area contributed by atoms with E-state index in [4.69, 9.17) is 28.6 Å². The van der Waals surface area contributed by atoms with Gasteiger partial charge < -0.3 is 4.74 Å². The average molecular weight is 718 g/mol. The molecule has 33 heavy (non-hydrogen) atoms. The molecule has 4 rings (SSSR count). The maximum Gasteiger partial charge on any atom is 0.266 e. The fraction of sp³-hybridized carbons (Fsp3) is 0.120. The Morgan fingerprint density at radius 3 is 2.27 bits per heavy atom. The van der Waals surface area contributed by atoms with Gasteiger partial charge in [-0.15, -0.1) is 0 Å². The fourth-order valence-electron chi connectivity index (χ4n) is 3.20. The third kappa shape index (κ3) is 6.30. The monoisotopic (exact) mass is 717 g/mol. The summed E-state index contributed by atoms with van der Waals surface area (Å²) >= 11 is 17.3. The lowest BCUT2D eigenvalue weighted by Gasteiger charge is -2.14. The summed E-state index contributed by atoms with van der Waals surface area (Å²) in [5, 5.41) is 0.705. The molecule has 0 aromatic heterocycles. The van der Waals surface area contributed by atoms with Crippen LogP contribution in [0.1, 0.15) is 22.3 Å². The maximum absolute atomic E-state index is 13.0. The van der Waals surface area contributed by atoms with Gasteiger partial charge in [0.25, 0.3) is 5.91 Å². The Balaban J connectivity index is 1.49. The topological polar surface area (TPSA) is 29.5 Å². The van der Waals surface area contributed by atoms with Gasteiger partial charge in [0.1, 0.15) is 16.7 Å². The van der Waals surface area contributed by atoms with Gasteiger partial charge in [0.15, 0.2) is 0 Å². The van der Waals surface area contributed by atoms with E-state index in [1.807, 2.05) is 73.7 Å².